The lowest BCUT2D eigenvalue weighted by atomic mass is 9.96. The molecule has 0 saturated carbocycles. The van der Waals surface area contributed by atoms with Gasteiger partial charge in [0, 0.05) is 5.56 Å². The van der Waals surface area contributed by atoms with E-state index in [0.29, 0.717) is 11.8 Å². The van der Waals surface area contributed by atoms with E-state index >= 15 is 0 Å². The van der Waals surface area contributed by atoms with Crippen molar-refractivity contribution in [3.8, 4) is 11.3 Å². The molecule has 0 saturated heterocycles. The summed E-state index contributed by atoms with van der Waals surface area (Å²) in [7, 11) is 0. The maximum absolute atomic E-state index is 13.2. The summed E-state index contributed by atoms with van der Waals surface area (Å²) in [6.07, 6.45) is -4.02. The number of carbonyl (C=O) groups is 1. The molecule has 1 heterocycles. The molecule has 1 aromatic heterocycles. The summed E-state index contributed by atoms with van der Waals surface area (Å²) in [4.78, 5) is 10.6. The minimum Gasteiger partial charge on any atom is -0.453 e. The quantitative estimate of drug-likeness (QED) is 0.749. The summed E-state index contributed by atoms with van der Waals surface area (Å²) in [5.74, 6) is 0.0306. The average Bonchev–Trinajstić information content (AvgIpc) is 2.85. The van der Waals surface area contributed by atoms with Gasteiger partial charge in [0.1, 0.15) is 5.76 Å². The van der Waals surface area contributed by atoms with Crippen molar-refractivity contribution >= 4 is 6.29 Å². The molecule has 0 amide bonds. The second-order valence-electron chi connectivity index (χ2n) is 4.78. The van der Waals surface area contributed by atoms with Crippen LogP contribution in [0.2, 0.25) is 0 Å². The molecular weight excluding hydrogens is 269 g/mol. The molecule has 0 aliphatic rings. The Balaban J connectivity index is 2.60. The van der Waals surface area contributed by atoms with Gasteiger partial charge < -0.3 is 4.42 Å². The fourth-order valence-corrected chi connectivity index (χ4v) is 1.93. The van der Waals surface area contributed by atoms with Gasteiger partial charge in [0.05, 0.1) is 5.56 Å². The van der Waals surface area contributed by atoms with Crippen molar-refractivity contribution in [2.24, 2.45) is 0 Å². The highest BCUT2D eigenvalue weighted by Gasteiger charge is 2.34. The Hall–Kier alpha value is -2.04. The highest BCUT2D eigenvalue weighted by Crippen LogP contribution is 2.39. The predicted molar refractivity (Wildman–Crippen MR) is 68.6 cm³/mol. The van der Waals surface area contributed by atoms with E-state index in [9.17, 15) is 18.0 Å². The average molecular weight is 282 g/mol. The zero-order chi connectivity index (χ0) is 14.9. The molecule has 0 bridgehead atoms. The summed E-state index contributed by atoms with van der Waals surface area (Å²) in [5, 5.41) is 0. The first-order valence-corrected chi connectivity index (χ1v) is 6.09. The largest absolute Gasteiger partial charge is 0.453 e. The minimum atomic E-state index is -4.48. The number of aldehydes is 1. The van der Waals surface area contributed by atoms with E-state index in [1.165, 1.54) is 18.2 Å². The Bertz CT molecular complexity index is 624. The van der Waals surface area contributed by atoms with E-state index in [2.05, 4.69) is 0 Å². The number of hydrogen-bond acceptors (Lipinski definition) is 2. The van der Waals surface area contributed by atoms with Crippen LogP contribution in [0.4, 0.5) is 13.2 Å². The van der Waals surface area contributed by atoms with Crippen molar-refractivity contribution in [1.29, 1.82) is 0 Å². The van der Waals surface area contributed by atoms with Crippen molar-refractivity contribution < 1.29 is 22.4 Å². The van der Waals surface area contributed by atoms with Crippen LogP contribution >= 0.6 is 0 Å². The van der Waals surface area contributed by atoms with Crippen LogP contribution < -0.4 is 0 Å². The monoisotopic (exact) mass is 282 g/mol. The van der Waals surface area contributed by atoms with Gasteiger partial charge in [0.15, 0.2) is 12.0 Å². The smallest absolute Gasteiger partial charge is 0.417 e. The lowest BCUT2D eigenvalue weighted by molar-refractivity contribution is -0.137. The van der Waals surface area contributed by atoms with E-state index in [1.54, 1.807) is 6.07 Å². The van der Waals surface area contributed by atoms with Crippen molar-refractivity contribution in [1.82, 2.24) is 0 Å². The number of furan rings is 1. The van der Waals surface area contributed by atoms with Crippen LogP contribution in [0.15, 0.2) is 34.7 Å². The highest BCUT2D eigenvalue weighted by molar-refractivity contribution is 5.73. The summed E-state index contributed by atoms with van der Waals surface area (Å²) >= 11 is 0. The fraction of sp³-hybridized carbons (Fsp3) is 0.267. The van der Waals surface area contributed by atoms with Crippen LogP contribution in [-0.2, 0) is 6.18 Å². The third-order valence-electron chi connectivity index (χ3n) is 3.02. The standard InChI is InChI=1S/C15H13F3O2/c1-9(2)10-3-5-12(13(7-10)15(16,17)18)14-6-4-11(8-19)20-14/h3-9H,1-2H3. The van der Waals surface area contributed by atoms with Crippen LogP contribution in [0.25, 0.3) is 11.3 Å². The van der Waals surface area contributed by atoms with Crippen molar-refractivity contribution in [3.05, 3.63) is 47.2 Å². The van der Waals surface area contributed by atoms with Crippen molar-refractivity contribution in [3.63, 3.8) is 0 Å². The SMILES string of the molecule is CC(C)c1ccc(-c2ccc(C=O)o2)c(C(F)(F)F)c1. The second kappa shape index (κ2) is 5.15. The fourth-order valence-electron chi connectivity index (χ4n) is 1.93. The van der Waals surface area contributed by atoms with Gasteiger partial charge >= 0.3 is 6.18 Å². The Morgan fingerprint density at radius 1 is 1.15 bits per heavy atom. The number of carbonyl (C=O) groups excluding carboxylic acids is 1. The summed E-state index contributed by atoms with van der Waals surface area (Å²) in [6, 6.07) is 6.86. The Morgan fingerprint density at radius 2 is 1.85 bits per heavy atom. The van der Waals surface area contributed by atoms with E-state index in [4.69, 9.17) is 4.42 Å². The van der Waals surface area contributed by atoms with Crippen molar-refractivity contribution in [2.45, 2.75) is 25.9 Å². The number of benzene rings is 1. The van der Waals surface area contributed by atoms with Crippen LogP contribution in [-0.4, -0.2) is 6.29 Å². The first kappa shape index (κ1) is 14.4. The van der Waals surface area contributed by atoms with Gasteiger partial charge in [-0.05, 0) is 29.7 Å². The second-order valence-corrected chi connectivity index (χ2v) is 4.78. The van der Waals surface area contributed by atoms with Gasteiger partial charge in [-0.2, -0.15) is 13.2 Å². The molecule has 106 valence electrons. The maximum Gasteiger partial charge on any atom is 0.417 e. The number of alkyl halides is 3. The van der Waals surface area contributed by atoms with Gasteiger partial charge in [-0.3, -0.25) is 4.79 Å². The highest BCUT2D eigenvalue weighted by atomic mass is 19.4. The van der Waals surface area contributed by atoms with Gasteiger partial charge in [0.2, 0.25) is 0 Å². The van der Waals surface area contributed by atoms with Crippen LogP contribution in [0, 0.1) is 0 Å². The third kappa shape index (κ3) is 2.76. The van der Waals surface area contributed by atoms with Crippen molar-refractivity contribution in [2.75, 3.05) is 0 Å². The molecule has 0 aliphatic carbocycles. The van der Waals surface area contributed by atoms with Crippen LogP contribution in [0.1, 0.15) is 41.4 Å². The molecule has 5 heteroatoms. The minimum absolute atomic E-state index is 0.000982. The Morgan fingerprint density at radius 3 is 2.35 bits per heavy atom. The summed E-state index contributed by atoms with van der Waals surface area (Å²) < 4.78 is 44.6. The molecule has 1 aromatic carbocycles. The first-order valence-electron chi connectivity index (χ1n) is 6.09. The zero-order valence-corrected chi connectivity index (χ0v) is 11.0. The molecule has 2 rings (SSSR count). The number of hydrogen-bond donors (Lipinski definition) is 0. The predicted octanol–water partition coefficient (Wildman–Crippen LogP) is 4.90. The molecule has 0 unspecified atom stereocenters. The molecule has 0 spiro atoms. The van der Waals surface area contributed by atoms with Crippen LogP contribution in [0.3, 0.4) is 0 Å². The maximum atomic E-state index is 13.2. The lowest BCUT2D eigenvalue weighted by Gasteiger charge is -2.14. The van der Waals surface area contributed by atoms with Gasteiger partial charge in [-0.25, -0.2) is 0 Å². The summed E-state index contributed by atoms with van der Waals surface area (Å²) in [6.45, 7) is 3.65. The molecule has 0 radical (unpaired) electrons. The zero-order valence-electron chi connectivity index (χ0n) is 11.0. The molecule has 0 N–H and O–H groups in total. The van der Waals surface area contributed by atoms with E-state index in [-0.39, 0.29) is 23.0 Å². The van der Waals surface area contributed by atoms with Gasteiger partial charge in [-0.15, -0.1) is 0 Å². The van der Waals surface area contributed by atoms with E-state index in [0.717, 1.165) is 6.07 Å². The molecular formula is C15H13F3O2. The number of rotatable bonds is 3. The first-order chi connectivity index (χ1) is 9.32. The van der Waals surface area contributed by atoms with Crippen LogP contribution in [0.5, 0.6) is 0 Å². The molecule has 20 heavy (non-hydrogen) atoms. The molecule has 2 aromatic rings. The van der Waals surface area contributed by atoms with E-state index in [1.807, 2.05) is 13.8 Å². The van der Waals surface area contributed by atoms with E-state index < -0.39 is 11.7 Å². The molecule has 0 atom stereocenters. The number of halogens is 3. The Kier molecular flexibility index (Phi) is 3.70. The normalized spacial score (nSPS) is 11.9. The van der Waals surface area contributed by atoms with Gasteiger partial charge in [-0.1, -0.05) is 26.0 Å². The topological polar surface area (TPSA) is 30.2 Å². The summed E-state index contributed by atoms with van der Waals surface area (Å²) in [5.41, 5.74) is -0.214. The molecule has 0 aliphatic heterocycles. The van der Waals surface area contributed by atoms with Gasteiger partial charge in [0.25, 0.3) is 0 Å². The molecule has 2 nitrogen and oxygen atoms in total. The molecule has 0 fully saturated rings. The Labute approximate surface area is 114 Å². The third-order valence-corrected chi connectivity index (χ3v) is 3.02. The lowest BCUT2D eigenvalue weighted by Crippen LogP contribution is -2.08.